The highest BCUT2D eigenvalue weighted by molar-refractivity contribution is 7.89. The summed E-state index contributed by atoms with van der Waals surface area (Å²) in [6, 6.07) is 8.51. The molecule has 0 aliphatic carbocycles. The molecule has 1 aliphatic rings. The molecule has 1 heterocycles. The van der Waals surface area contributed by atoms with Crippen LogP contribution in [0, 0.1) is 5.92 Å². The Labute approximate surface area is 145 Å². The molecule has 0 aromatic heterocycles. The molecular formula is C17H28N2O4S. The van der Waals surface area contributed by atoms with Crippen LogP contribution in [0.3, 0.4) is 0 Å². The summed E-state index contributed by atoms with van der Waals surface area (Å²) >= 11 is 0. The minimum Gasteiger partial charge on any atom is -0.462 e. The van der Waals surface area contributed by atoms with Gasteiger partial charge in [0.2, 0.25) is 10.0 Å². The van der Waals surface area contributed by atoms with Crippen molar-refractivity contribution < 1.29 is 17.9 Å². The molecule has 24 heavy (non-hydrogen) atoms. The van der Waals surface area contributed by atoms with Crippen LogP contribution in [0.4, 0.5) is 0 Å². The van der Waals surface area contributed by atoms with E-state index in [1.54, 1.807) is 24.3 Å². The molecule has 0 spiro atoms. The molecule has 7 heteroatoms. The maximum Gasteiger partial charge on any atom is 0.293 e. The van der Waals surface area contributed by atoms with Crippen molar-refractivity contribution in [3.05, 3.63) is 30.3 Å². The van der Waals surface area contributed by atoms with Crippen molar-refractivity contribution in [2.75, 3.05) is 19.6 Å². The summed E-state index contributed by atoms with van der Waals surface area (Å²) in [6.45, 7) is 8.43. The van der Waals surface area contributed by atoms with E-state index in [4.69, 9.17) is 0 Å². The fourth-order valence-electron chi connectivity index (χ4n) is 2.14. The summed E-state index contributed by atoms with van der Waals surface area (Å²) in [7, 11) is -3.33. The average Bonchev–Trinajstić information content (AvgIpc) is 2.54. The molecule has 0 amide bonds. The van der Waals surface area contributed by atoms with Crippen molar-refractivity contribution in [3.8, 4) is 0 Å². The summed E-state index contributed by atoms with van der Waals surface area (Å²) in [4.78, 5) is 9.94. The van der Waals surface area contributed by atoms with Gasteiger partial charge in [-0.15, -0.1) is 0 Å². The third kappa shape index (κ3) is 8.42. The Morgan fingerprint density at radius 3 is 2.25 bits per heavy atom. The van der Waals surface area contributed by atoms with E-state index in [-0.39, 0.29) is 5.60 Å². The van der Waals surface area contributed by atoms with E-state index in [1.807, 2.05) is 26.8 Å². The van der Waals surface area contributed by atoms with Crippen LogP contribution in [-0.2, 0) is 19.6 Å². The second-order valence-electron chi connectivity index (χ2n) is 6.68. The molecule has 2 N–H and O–H groups in total. The van der Waals surface area contributed by atoms with Crippen molar-refractivity contribution in [2.45, 2.75) is 44.1 Å². The van der Waals surface area contributed by atoms with Crippen molar-refractivity contribution in [1.82, 2.24) is 10.0 Å². The van der Waals surface area contributed by atoms with E-state index in [0.717, 1.165) is 25.9 Å². The number of rotatable bonds is 5. The summed E-state index contributed by atoms with van der Waals surface area (Å²) < 4.78 is 31.1. The minimum absolute atomic E-state index is 0.318. The third-order valence-corrected chi connectivity index (χ3v) is 4.92. The van der Waals surface area contributed by atoms with Crippen molar-refractivity contribution in [2.24, 2.45) is 5.92 Å². The van der Waals surface area contributed by atoms with Crippen molar-refractivity contribution >= 4 is 16.5 Å². The predicted molar refractivity (Wildman–Crippen MR) is 94.1 cm³/mol. The van der Waals surface area contributed by atoms with E-state index in [1.165, 1.54) is 0 Å². The maximum absolute atomic E-state index is 11.9. The molecule has 0 atom stereocenters. The summed E-state index contributed by atoms with van der Waals surface area (Å²) in [5.74, 6) is 0.453. The van der Waals surface area contributed by atoms with Gasteiger partial charge in [-0.3, -0.25) is 4.79 Å². The lowest BCUT2D eigenvalue weighted by molar-refractivity contribution is -0.138. The molecule has 1 saturated heterocycles. The quantitative estimate of drug-likeness (QED) is 0.788. The van der Waals surface area contributed by atoms with E-state index in [9.17, 15) is 13.2 Å². The first-order chi connectivity index (χ1) is 11.2. The number of piperidine rings is 1. The van der Waals surface area contributed by atoms with Crippen LogP contribution >= 0.6 is 0 Å². The molecular weight excluding hydrogens is 328 g/mol. The second kappa shape index (κ2) is 9.76. The van der Waals surface area contributed by atoms with Crippen LogP contribution in [0.15, 0.2) is 35.2 Å². The van der Waals surface area contributed by atoms with Gasteiger partial charge in [0.25, 0.3) is 6.47 Å². The molecule has 6 nitrogen and oxygen atoms in total. The SMILES string of the molecule is CC(C)(C)OC=O.O=S(=O)(NCC1CCNCC1)c1ccccc1. The number of hydrogen-bond donors (Lipinski definition) is 2. The molecule has 2 rings (SSSR count). The Balaban J connectivity index is 0.000000351. The second-order valence-corrected chi connectivity index (χ2v) is 8.45. The first kappa shape index (κ1) is 20.6. The van der Waals surface area contributed by atoms with Gasteiger partial charge in [0.1, 0.15) is 5.60 Å². The number of hydrogen-bond acceptors (Lipinski definition) is 5. The summed E-state index contributed by atoms with van der Waals surface area (Å²) in [5.41, 5.74) is -0.318. The van der Waals surface area contributed by atoms with Crippen LogP contribution in [-0.4, -0.2) is 40.1 Å². The fourth-order valence-corrected chi connectivity index (χ4v) is 3.28. The molecule has 0 radical (unpaired) electrons. The lowest BCUT2D eigenvalue weighted by Crippen LogP contribution is -2.35. The zero-order valence-corrected chi connectivity index (χ0v) is 15.4. The van der Waals surface area contributed by atoms with E-state index < -0.39 is 10.0 Å². The van der Waals surface area contributed by atoms with E-state index in [0.29, 0.717) is 23.8 Å². The highest BCUT2D eigenvalue weighted by Gasteiger charge is 2.18. The summed E-state index contributed by atoms with van der Waals surface area (Å²) in [5, 5.41) is 3.27. The molecule has 0 unspecified atom stereocenters. The topological polar surface area (TPSA) is 84.5 Å². The van der Waals surface area contributed by atoms with Gasteiger partial charge in [0, 0.05) is 6.54 Å². The molecule has 0 bridgehead atoms. The molecule has 1 aromatic carbocycles. The Bertz CT molecular complexity index is 576. The van der Waals surface area contributed by atoms with Crippen LogP contribution in [0.1, 0.15) is 33.6 Å². The highest BCUT2D eigenvalue weighted by Crippen LogP contribution is 2.12. The molecule has 1 fully saturated rings. The van der Waals surface area contributed by atoms with Crippen molar-refractivity contribution in [1.29, 1.82) is 0 Å². The Morgan fingerprint density at radius 1 is 1.21 bits per heavy atom. The largest absolute Gasteiger partial charge is 0.462 e. The van der Waals surface area contributed by atoms with Gasteiger partial charge in [0.05, 0.1) is 4.90 Å². The fraction of sp³-hybridized carbons (Fsp3) is 0.588. The van der Waals surface area contributed by atoms with Gasteiger partial charge in [-0.05, 0) is 64.8 Å². The van der Waals surface area contributed by atoms with Crippen molar-refractivity contribution in [3.63, 3.8) is 0 Å². The van der Waals surface area contributed by atoms with Crippen LogP contribution in [0.25, 0.3) is 0 Å². The normalized spacial score (nSPS) is 16.0. The Morgan fingerprint density at radius 2 is 1.79 bits per heavy atom. The highest BCUT2D eigenvalue weighted by atomic mass is 32.2. The standard InChI is InChI=1S/C12H18N2O2S.C5H10O2/c15-17(16,12-4-2-1-3-5-12)14-10-11-6-8-13-9-7-11;1-5(2,3)7-4-6/h1-5,11,13-14H,6-10H2;4H,1-3H3. The lowest BCUT2D eigenvalue weighted by atomic mass is 9.99. The van der Waals surface area contributed by atoms with E-state index >= 15 is 0 Å². The Hall–Kier alpha value is -1.44. The number of benzene rings is 1. The average molecular weight is 356 g/mol. The first-order valence-electron chi connectivity index (χ1n) is 8.11. The van der Waals surface area contributed by atoms with Gasteiger partial charge < -0.3 is 10.1 Å². The predicted octanol–water partition coefficient (Wildman–Crippen LogP) is 1.92. The molecule has 1 aromatic rings. The van der Waals surface area contributed by atoms with Gasteiger partial charge in [0.15, 0.2) is 0 Å². The maximum atomic E-state index is 11.9. The zero-order chi connectivity index (χ0) is 18.1. The summed E-state index contributed by atoms with van der Waals surface area (Å²) in [6.07, 6.45) is 2.08. The number of ether oxygens (including phenoxy) is 1. The Kier molecular flexibility index (Phi) is 8.38. The monoisotopic (exact) mass is 356 g/mol. The van der Waals surface area contributed by atoms with Gasteiger partial charge >= 0.3 is 0 Å². The molecule has 1 aliphatic heterocycles. The third-order valence-electron chi connectivity index (χ3n) is 3.48. The van der Waals surface area contributed by atoms with Gasteiger partial charge in [-0.25, -0.2) is 13.1 Å². The zero-order valence-electron chi connectivity index (χ0n) is 14.6. The first-order valence-corrected chi connectivity index (χ1v) is 9.60. The van der Waals surface area contributed by atoms with E-state index in [2.05, 4.69) is 14.8 Å². The van der Waals surface area contributed by atoms with Crippen LogP contribution < -0.4 is 10.0 Å². The number of carbonyl (C=O) groups is 1. The molecule has 136 valence electrons. The number of carbonyl (C=O) groups excluding carboxylic acids is 1. The minimum atomic E-state index is -3.33. The van der Waals surface area contributed by atoms with Gasteiger partial charge in [-0.2, -0.15) is 0 Å². The smallest absolute Gasteiger partial charge is 0.293 e. The number of nitrogens with one attached hydrogen (secondary N) is 2. The van der Waals surface area contributed by atoms with Gasteiger partial charge in [-0.1, -0.05) is 18.2 Å². The molecule has 0 saturated carbocycles. The van der Waals surface area contributed by atoms with Crippen LogP contribution in [0.5, 0.6) is 0 Å². The number of sulfonamides is 1. The van der Waals surface area contributed by atoms with Crippen LogP contribution in [0.2, 0.25) is 0 Å². The lowest BCUT2D eigenvalue weighted by Gasteiger charge is -2.22.